The highest BCUT2D eigenvalue weighted by Gasteiger charge is 2.28. The third-order valence-corrected chi connectivity index (χ3v) is 6.70. The summed E-state index contributed by atoms with van der Waals surface area (Å²) in [6.07, 6.45) is 29.8. The molecule has 0 heterocycles. The highest BCUT2D eigenvalue weighted by molar-refractivity contribution is 5.75. The van der Waals surface area contributed by atoms with Crippen LogP contribution in [-0.4, -0.2) is 12.5 Å². The predicted molar refractivity (Wildman–Crippen MR) is 128 cm³/mol. The van der Waals surface area contributed by atoms with E-state index in [1.165, 1.54) is 89.9 Å². The number of unbranched alkanes of at least 4 members (excludes halogenated alkanes) is 14. The minimum atomic E-state index is 0.0550. The molecule has 1 rings (SSSR count). The van der Waals surface area contributed by atoms with Crippen LogP contribution in [0.4, 0.5) is 0 Å². The quantitative estimate of drug-likeness (QED) is 0.230. The van der Waals surface area contributed by atoms with Gasteiger partial charge in [0, 0.05) is 18.4 Å². The Morgan fingerprint density at radius 1 is 0.793 bits per heavy atom. The van der Waals surface area contributed by atoms with Crippen molar-refractivity contribution in [1.82, 2.24) is 5.32 Å². The van der Waals surface area contributed by atoms with Gasteiger partial charge < -0.3 is 5.32 Å². The van der Waals surface area contributed by atoms with Crippen molar-refractivity contribution in [3.63, 3.8) is 0 Å². The lowest BCUT2D eigenvalue weighted by atomic mass is 9.75. The van der Waals surface area contributed by atoms with Gasteiger partial charge in [0.15, 0.2) is 0 Å². The lowest BCUT2D eigenvalue weighted by Crippen LogP contribution is -2.38. The maximum atomic E-state index is 12.1. The molecule has 0 aromatic rings. The molecule has 0 aliphatic heterocycles. The number of hydrogen-bond acceptors (Lipinski definition) is 1. The molecular formula is C27H49NO. The summed E-state index contributed by atoms with van der Waals surface area (Å²) in [6.45, 7) is 7.48. The maximum absolute atomic E-state index is 12.1. The van der Waals surface area contributed by atoms with E-state index in [1.54, 1.807) is 0 Å². The van der Waals surface area contributed by atoms with Crippen LogP contribution in [-0.2, 0) is 4.79 Å². The van der Waals surface area contributed by atoms with E-state index in [9.17, 15) is 4.79 Å². The summed E-state index contributed by atoms with van der Waals surface area (Å²) < 4.78 is 0. The van der Waals surface area contributed by atoms with Crippen LogP contribution in [0.25, 0.3) is 0 Å². The molecule has 0 spiro atoms. The summed E-state index contributed by atoms with van der Waals surface area (Å²) in [5.74, 6) is 0.690. The van der Waals surface area contributed by atoms with E-state index >= 15 is 0 Å². The average molecular weight is 404 g/mol. The summed E-state index contributed by atoms with van der Waals surface area (Å²) in [5, 5.41) is 3.15. The first kappa shape index (κ1) is 26.0. The fourth-order valence-corrected chi connectivity index (χ4v) is 4.13. The van der Waals surface area contributed by atoms with Crippen LogP contribution in [0.2, 0.25) is 0 Å². The smallest absolute Gasteiger partial charge is 0.220 e. The SMILES string of the molecule is CCCCCCCCCCCCCCCCCC(=O)NCC1(C)C=CC=CC1C. The molecule has 2 nitrogen and oxygen atoms in total. The van der Waals surface area contributed by atoms with Gasteiger partial charge in [-0.1, -0.05) is 135 Å². The van der Waals surface area contributed by atoms with Crippen LogP contribution in [0.5, 0.6) is 0 Å². The first-order valence-electron chi connectivity index (χ1n) is 12.7. The minimum absolute atomic E-state index is 0.0550. The summed E-state index contributed by atoms with van der Waals surface area (Å²) in [6, 6.07) is 0. The Labute approximate surface area is 182 Å². The number of amides is 1. The number of carbonyl (C=O) groups is 1. The molecule has 1 aliphatic rings. The molecule has 0 radical (unpaired) electrons. The van der Waals surface area contributed by atoms with Crippen LogP contribution >= 0.6 is 0 Å². The minimum Gasteiger partial charge on any atom is -0.355 e. The Morgan fingerprint density at radius 3 is 1.76 bits per heavy atom. The average Bonchev–Trinajstić information content (AvgIpc) is 2.72. The fourth-order valence-electron chi connectivity index (χ4n) is 4.13. The largest absolute Gasteiger partial charge is 0.355 e. The number of hydrogen-bond donors (Lipinski definition) is 1. The topological polar surface area (TPSA) is 29.1 Å². The van der Waals surface area contributed by atoms with Crippen molar-refractivity contribution >= 4 is 5.91 Å². The molecule has 2 heteroatoms. The van der Waals surface area contributed by atoms with Gasteiger partial charge in [0.2, 0.25) is 5.91 Å². The van der Waals surface area contributed by atoms with Gasteiger partial charge in [-0.15, -0.1) is 0 Å². The zero-order chi connectivity index (χ0) is 21.2. The third-order valence-electron chi connectivity index (χ3n) is 6.70. The molecule has 29 heavy (non-hydrogen) atoms. The summed E-state index contributed by atoms with van der Waals surface area (Å²) >= 11 is 0. The second kappa shape index (κ2) is 16.7. The molecule has 0 fully saturated rings. The molecule has 168 valence electrons. The Bertz CT molecular complexity index is 467. The van der Waals surface area contributed by atoms with Gasteiger partial charge in [-0.2, -0.15) is 0 Å². The lowest BCUT2D eigenvalue weighted by Gasteiger charge is -2.33. The molecule has 1 amide bonds. The van der Waals surface area contributed by atoms with Gasteiger partial charge >= 0.3 is 0 Å². The second-order valence-corrected chi connectivity index (χ2v) is 9.51. The molecule has 2 unspecified atom stereocenters. The first-order valence-corrected chi connectivity index (χ1v) is 12.7. The number of allylic oxidation sites excluding steroid dienone is 3. The van der Waals surface area contributed by atoms with E-state index in [-0.39, 0.29) is 11.3 Å². The van der Waals surface area contributed by atoms with Crippen LogP contribution < -0.4 is 5.32 Å². The van der Waals surface area contributed by atoms with Gasteiger partial charge in [-0.25, -0.2) is 0 Å². The molecule has 1 N–H and O–H groups in total. The van der Waals surface area contributed by atoms with Crippen molar-refractivity contribution in [1.29, 1.82) is 0 Å². The number of rotatable bonds is 18. The number of nitrogens with one attached hydrogen (secondary N) is 1. The third kappa shape index (κ3) is 13.0. The van der Waals surface area contributed by atoms with Gasteiger partial charge in [-0.3, -0.25) is 4.79 Å². The molecule has 0 aromatic carbocycles. The molecule has 0 aromatic heterocycles. The van der Waals surface area contributed by atoms with Crippen molar-refractivity contribution in [3.8, 4) is 0 Å². The van der Waals surface area contributed by atoms with Crippen molar-refractivity contribution in [3.05, 3.63) is 24.3 Å². The summed E-state index contributed by atoms with van der Waals surface area (Å²) in [5.41, 5.74) is 0.0550. The zero-order valence-corrected chi connectivity index (χ0v) is 19.8. The monoisotopic (exact) mass is 403 g/mol. The van der Waals surface area contributed by atoms with Gasteiger partial charge in [-0.05, 0) is 12.3 Å². The van der Waals surface area contributed by atoms with Crippen molar-refractivity contribution in [2.24, 2.45) is 11.3 Å². The van der Waals surface area contributed by atoms with Gasteiger partial charge in [0.05, 0.1) is 0 Å². The normalized spacial score (nSPS) is 20.9. The summed E-state index contributed by atoms with van der Waals surface area (Å²) in [4.78, 5) is 12.1. The highest BCUT2D eigenvalue weighted by Crippen LogP contribution is 2.32. The van der Waals surface area contributed by atoms with E-state index in [4.69, 9.17) is 0 Å². The summed E-state index contributed by atoms with van der Waals surface area (Å²) in [7, 11) is 0. The molecule has 0 saturated heterocycles. The van der Waals surface area contributed by atoms with Crippen LogP contribution in [0, 0.1) is 11.3 Å². The Hall–Kier alpha value is -1.05. The van der Waals surface area contributed by atoms with E-state index in [2.05, 4.69) is 50.4 Å². The second-order valence-electron chi connectivity index (χ2n) is 9.51. The van der Waals surface area contributed by atoms with Crippen molar-refractivity contribution < 1.29 is 4.79 Å². The van der Waals surface area contributed by atoms with Crippen molar-refractivity contribution in [2.75, 3.05) is 6.54 Å². The fraction of sp³-hybridized carbons (Fsp3) is 0.815. The first-order chi connectivity index (χ1) is 14.1. The highest BCUT2D eigenvalue weighted by atomic mass is 16.1. The Kier molecular flexibility index (Phi) is 15.0. The zero-order valence-electron chi connectivity index (χ0n) is 19.8. The van der Waals surface area contributed by atoms with Crippen LogP contribution in [0.1, 0.15) is 124 Å². The van der Waals surface area contributed by atoms with Gasteiger partial charge in [0.25, 0.3) is 0 Å². The van der Waals surface area contributed by atoms with Crippen LogP contribution in [0.3, 0.4) is 0 Å². The van der Waals surface area contributed by atoms with Gasteiger partial charge in [0.1, 0.15) is 0 Å². The molecule has 0 saturated carbocycles. The molecule has 0 bridgehead atoms. The Balaban J connectivity index is 1.84. The number of carbonyl (C=O) groups excluding carboxylic acids is 1. The molecule has 2 atom stereocenters. The predicted octanol–water partition coefficient (Wildman–Crippen LogP) is 8.13. The van der Waals surface area contributed by atoms with E-state index < -0.39 is 0 Å². The van der Waals surface area contributed by atoms with E-state index in [1.807, 2.05) is 0 Å². The van der Waals surface area contributed by atoms with Crippen molar-refractivity contribution in [2.45, 2.75) is 124 Å². The lowest BCUT2D eigenvalue weighted by molar-refractivity contribution is -0.121. The standard InChI is InChI=1S/C27H49NO/c1-4-5-6-7-8-9-10-11-12-13-14-15-16-17-18-22-26(29)28-24-27(3)23-20-19-21-25(27)2/h19-21,23,25H,4-18,22,24H2,1-3H3,(H,28,29). The van der Waals surface area contributed by atoms with E-state index in [0.29, 0.717) is 12.3 Å². The maximum Gasteiger partial charge on any atom is 0.220 e. The molecular weight excluding hydrogens is 354 g/mol. The Morgan fingerprint density at radius 2 is 1.28 bits per heavy atom. The van der Waals surface area contributed by atoms with Crippen LogP contribution in [0.15, 0.2) is 24.3 Å². The molecule has 1 aliphatic carbocycles. The van der Waals surface area contributed by atoms with E-state index in [0.717, 1.165) is 13.0 Å².